The molecule has 1 aliphatic carbocycles. The molecule has 2 aromatic rings. The van der Waals surface area contributed by atoms with E-state index in [1.165, 1.54) is 32.1 Å². The van der Waals surface area contributed by atoms with Crippen molar-refractivity contribution in [2.24, 2.45) is 16.0 Å². The highest BCUT2D eigenvalue weighted by Crippen LogP contribution is 2.33. The number of rotatable bonds is 3. The van der Waals surface area contributed by atoms with Crippen LogP contribution in [0.4, 0.5) is 5.69 Å². The Morgan fingerprint density at radius 3 is 2.96 bits per heavy atom. The summed E-state index contributed by atoms with van der Waals surface area (Å²) < 4.78 is 7.34. The van der Waals surface area contributed by atoms with Gasteiger partial charge in [-0.15, -0.1) is 11.3 Å². The van der Waals surface area contributed by atoms with Crippen molar-refractivity contribution < 1.29 is 9.53 Å². The number of hydrogen-bond acceptors (Lipinski definition) is 5. The van der Waals surface area contributed by atoms with Crippen LogP contribution in [-0.4, -0.2) is 30.5 Å². The lowest BCUT2D eigenvalue weighted by Crippen LogP contribution is -2.25. The van der Waals surface area contributed by atoms with E-state index in [4.69, 9.17) is 9.84 Å². The van der Waals surface area contributed by atoms with Crippen molar-refractivity contribution in [2.75, 3.05) is 19.0 Å². The van der Waals surface area contributed by atoms with E-state index in [9.17, 15) is 4.79 Å². The van der Waals surface area contributed by atoms with Crippen LogP contribution in [0.2, 0.25) is 0 Å². The van der Waals surface area contributed by atoms with Gasteiger partial charge in [-0.1, -0.05) is 19.3 Å². The van der Waals surface area contributed by atoms with E-state index in [1.54, 1.807) is 18.4 Å². The molecule has 0 atom stereocenters. The molecule has 0 unspecified atom stereocenters. The Labute approximate surface area is 156 Å². The minimum Gasteiger partial charge on any atom is -0.482 e. The van der Waals surface area contributed by atoms with E-state index in [2.05, 4.69) is 16.5 Å². The monoisotopic (exact) mass is 370 g/mol. The summed E-state index contributed by atoms with van der Waals surface area (Å²) in [5.74, 6) is 1.11. The average molecular weight is 370 g/mol. The molecule has 4 rings (SSSR count). The van der Waals surface area contributed by atoms with Gasteiger partial charge in [-0.05, 0) is 37.0 Å². The zero-order valence-electron chi connectivity index (χ0n) is 14.8. The number of nitrogens with zero attached hydrogens (tertiary/aromatic N) is 3. The fourth-order valence-corrected chi connectivity index (χ4v) is 4.25. The number of carbonyl (C=O) groups excluding carboxylic acids is 1. The molecule has 26 heavy (non-hydrogen) atoms. The molecule has 1 aliphatic heterocycles. The van der Waals surface area contributed by atoms with Gasteiger partial charge in [0.2, 0.25) is 4.80 Å². The zero-order valence-corrected chi connectivity index (χ0v) is 15.6. The molecule has 1 amide bonds. The van der Waals surface area contributed by atoms with Crippen molar-refractivity contribution >= 4 is 29.1 Å². The summed E-state index contributed by atoms with van der Waals surface area (Å²) in [6.07, 6.45) is 8.41. The molecule has 1 N–H and O–H groups in total. The number of amides is 1. The molecule has 7 heteroatoms. The molecule has 6 nitrogen and oxygen atoms in total. The lowest BCUT2D eigenvalue weighted by molar-refractivity contribution is -0.118. The van der Waals surface area contributed by atoms with E-state index >= 15 is 0 Å². The summed E-state index contributed by atoms with van der Waals surface area (Å²) in [5, 5.41) is 9.67. The van der Waals surface area contributed by atoms with E-state index < -0.39 is 0 Å². The molecule has 136 valence electrons. The number of nitrogens with one attached hydrogen (secondary N) is 1. The number of benzene rings is 1. The van der Waals surface area contributed by atoms with Gasteiger partial charge < -0.3 is 10.1 Å². The minimum atomic E-state index is -0.132. The largest absolute Gasteiger partial charge is 0.482 e. The Bertz CT molecular complexity index is 907. The first-order chi connectivity index (χ1) is 12.7. The van der Waals surface area contributed by atoms with Gasteiger partial charge in [-0.25, -0.2) is 4.68 Å². The third-order valence-electron chi connectivity index (χ3n) is 4.83. The summed E-state index contributed by atoms with van der Waals surface area (Å²) in [7, 11) is 1.78. The normalized spacial score (nSPS) is 18.7. The Balaban J connectivity index is 1.69. The highest BCUT2D eigenvalue weighted by atomic mass is 32.1. The first kappa shape index (κ1) is 17.0. The number of fused-ring (bicyclic) bond motifs is 1. The topological polar surface area (TPSA) is 68.0 Å². The average Bonchev–Trinajstić information content (AvgIpc) is 3.09. The van der Waals surface area contributed by atoms with Crippen molar-refractivity contribution in [3.63, 3.8) is 0 Å². The third kappa shape index (κ3) is 3.44. The van der Waals surface area contributed by atoms with Crippen LogP contribution in [0, 0.1) is 5.92 Å². The fourth-order valence-electron chi connectivity index (χ4n) is 3.45. The standard InChI is InChI=1S/C19H22N4O2S/c1-20-19-23(21-10-13-5-3-2-4-6-13)16(12-26-19)14-7-8-17-15(9-14)22-18(24)11-25-17/h7-10,12-13H,2-6,11H2,1H3,(H,22,24). The third-order valence-corrected chi connectivity index (χ3v) is 5.74. The molecule has 1 aromatic carbocycles. The van der Waals surface area contributed by atoms with Gasteiger partial charge in [-0.3, -0.25) is 9.79 Å². The first-order valence-electron chi connectivity index (χ1n) is 8.99. The highest BCUT2D eigenvalue weighted by molar-refractivity contribution is 7.07. The second-order valence-corrected chi connectivity index (χ2v) is 7.49. The SMILES string of the molecule is CN=c1scc(-c2ccc3c(c2)NC(=O)CO3)n1N=CC1CCCCC1. The van der Waals surface area contributed by atoms with Crippen molar-refractivity contribution in [3.8, 4) is 17.0 Å². The maximum absolute atomic E-state index is 11.6. The fraction of sp³-hybridized carbons (Fsp3) is 0.421. The number of aromatic nitrogens is 1. The van der Waals surface area contributed by atoms with Gasteiger partial charge in [0.15, 0.2) is 6.61 Å². The summed E-state index contributed by atoms with van der Waals surface area (Å²) in [5.41, 5.74) is 2.63. The Morgan fingerprint density at radius 1 is 1.31 bits per heavy atom. The molecule has 0 saturated heterocycles. The van der Waals surface area contributed by atoms with Crippen molar-refractivity contribution in [1.82, 2.24) is 4.68 Å². The second kappa shape index (κ2) is 7.45. The predicted octanol–water partition coefficient (Wildman–Crippen LogP) is 3.49. The van der Waals surface area contributed by atoms with Gasteiger partial charge in [0, 0.05) is 24.2 Å². The summed E-state index contributed by atoms with van der Waals surface area (Å²) in [6.45, 7) is 0.0648. The van der Waals surface area contributed by atoms with Gasteiger partial charge in [0.05, 0.1) is 11.4 Å². The Morgan fingerprint density at radius 2 is 2.15 bits per heavy atom. The molecule has 1 fully saturated rings. The molecular weight excluding hydrogens is 348 g/mol. The summed E-state index contributed by atoms with van der Waals surface area (Å²) in [4.78, 5) is 16.8. The van der Waals surface area contributed by atoms with Crippen LogP contribution in [0.3, 0.4) is 0 Å². The van der Waals surface area contributed by atoms with E-state index in [0.29, 0.717) is 17.4 Å². The number of anilines is 1. The van der Waals surface area contributed by atoms with Crippen LogP contribution in [0.1, 0.15) is 32.1 Å². The molecular formula is C19H22N4O2S. The Kier molecular flexibility index (Phi) is 4.88. The molecule has 2 heterocycles. The van der Waals surface area contributed by atoms with Crippen molar-refractivity contribution in [1.29, 1.82) is 0 Å². The number of ether oxygens (including phenoxy) is 1. The first-order valence-corrected chi connectivity index (χ1v) is 9.87. The highest BCUT2D eigenvalue weighted by Gasteiger charge is 2.18. The van der Waals surface area contributed by atoms with Crippen molar-refractivity contribution in [2.45, 2.75) is 32.1 Å². The smallest absolute Gasteiger partial charge is 0.262 e. The van der Waals surface area contributed by atoms with Crippen LogP contribution >= 0.6 is 11.3 Å². The summed E-state index contributed by atoms with van der Waals surface area (Å²) >= 11 is 1.56. The van der Waals surface area contributed by atoms with Crippen LogP contribution in [0.25, 0.3) is 11.3 Å². The van der Waals surface area contributed by atoms with E-state index in [0.717, 1.165) is 16.1 Å². The summed E-state index contributed by atoms with van der Waals surface area (Å²) in [6, 6.07) is 5.81. The van der Waals surface area contributed by atoms with Crippen LogP contribution in [0.5, 0.6) is 5.75 Å². The van der Waals surface area contributed by atoms with Gasteiger partial charge in [-0.2, -0.15) is 5.10 Å². The van der Waals surface area contributed by atoms with Crippen LogP contribution < -0.4 is 14.9 Å². The Hall–Kier alpha value is -2.41. The number of thiazole rings is 1. The molecule has 0 radical (unpaired) electrons. The number of carbonyl (C=O) groups is 1. The molecule has 1 saturated carbocycles. The maximum Gasteiger partial charge on any atom is 0.262 e. The zero-order chi connectivity index (χ0) is 17.9. The molecule has 0 bridgehead atoms. The van der Waals surface area contributed by atoms with Gasteiger partial charge >= 0.3 is 0 Å². The minimum absolute atomic E-state index is 0.0648. The number of hydrogen-bond donors (Lipinski definition) is 1. The van der Waals surface area contributed by atoms with E-state index in [1.807, 2.05) is 28.3 Å². The molecule has 1 aromatic heterocycles. The van der Waals surface area contributed by atoms with Crippen LogP contribution in [0.15, 0.2) is 33.7 Å². The predicted molar refractivity (Wildman–Crippen MR) is 104 cm³/mol. The lowest BCUT2D eigenvalue weighted by Gasteiger charge is -2.19. The lowest BCUT2D eigenvalue weighted by atomic mass is 9.90. The van der Waals surface area contributed by atoms with E-state index in [-0.39, 0.29) is 12.5 Å². The van der Waals surface area contributed by atoms with Crippen molar-refractivity contribution in [3.05, 3.63) is 28.4 Å². The second-order valence-electron chi connectivity index (χ2n) is 6.65. The van der Waals surface area contributed by atoms with Gasteiger partial charge in [0.1, 0.15) is 5.75 Å². The maximum atomic E-state index is 11.6. The molecule has 0 spiro atoms. The van der Waals surface area contributed by atoms with Gasteiger partial charge in [0.25, 0.3) is 5.91 Å². The van der Waals surface area contributed by atoms with Crippen LogP contribution in [-0.2, 0) is 4.79 Å². The quantitative estimate of drug-likeness (QED) is 0.841. The molecule has 2 aliphatic rings.